The Morgan fingerprint density at radius 1 is 0.935 bits per heavy atom. The van der Waals surface area contributed by atoms with Crippen LogP contribution in [0.5, 0.6) is 17.2 Å². The smallest absolute Gasteiger partial charge is 0.193 e. The second kappa shape index (κ2) is 11.5. The van der Waals surface area contributed by atoms with E-state index >= 15 is 0 Å². The summed E-state index contributed by atoms with van der Waals surface area (Å²) in [7, 11) is 6.95. The Labute approximate surface area is 185 Å². The lowest BCUT2D eigenvalue weighted by Gasteiger charge is -2.36. The summed E-state index contributed by atoms with van der Waals surface area (Å²) >= 11 is 0. The van der Waals surface area contributed by atoms with Gasteiger partial charge in [-0.1, -0.05) is 12.1 Å². The summed E-state index contributed by atoms with van der Waals surface area (Å²) in [5.41, 5.74) is 2.40. The van der Waals surface area contributed by atoms with Crippen LogP contribution in [0.2, 0.25) is 0 Å². The van der Waals surface area contributed by atoms with E-state index in [1.165, 1.54) is 5.56 Å². The minimum atomic E-state index is 0.834. The first-order valence-corrected chi connectivity index (χ1v) is 10.7. The van der Waals surface area contributed by atoms with Crippen molar-refractivity contribution in [3.8, 4) is 17.2 Å². The molecule has 1 aliphatic heterocycles. The number of methoxy groups -OCH3 is 3. The van der Waals surface area contributed by atoms with Crippen LogP contribution in [0.25, 0.3) is 0 Å². The van der Waals surface area contributed by atoms with Crippen LogP contribution in [0.3, 0.4) is 0 Å². The lowest BCUT2D eigenvalue weighted by Crippen LogP contribution is -2.52. The zero-order valence-electron chi connectivity index (χ0n) is 19.1. The molecule has 0 saturated carbocycles. The van der Waals surface area contributed by atoms with E-state index in [-0.39, 0.29) is 0 Å². The van der Waals surface area contributed by atoms with Crippen LogP contribution in [0, 0.1) is 0 Å². The number of rotatable bonds is 8. The predicted octanol–water partition coefficient (Wildman–Crippen LogP) is 2.65. The molecule has 168 valence electrons. The Balaban J connectivity index is 1.49. The number of guanidine groups is 1. The number of nitrogens with zero attached hydrogens (tertiary/aromatic N) is 3. The Hall–Kier alpha value is -2.93. The summed E-state index contributed by atoms with van der Waals surface area (Å²) in [6.07, 6.45) is 0.922. The molecule has 0 atom stereocenters. The number of nitrogens with one attached hydrogen (secondary N) is 1. The molecule has 0 spiro atoms. The highest BCUT2D eigenvalue weighted by Crippen LogP contribution is 2.25. The van der Waals surface area contributed by atoms with Gasteiger partial charge in [0, 0.05) is 51.9 Å². The molecule has 7 nitrogen and oxygen atoms in total. The minimum Gasteiger partial charge on any atom is -0.497 e. The number of ether oxygens (including phenoxy) is 3. The van der Waals surface area contributed by atoms with E-state index in [1.54, 1.807) is 21.3 Å². The molecule has 0 radical (unpaired) electrons. The first-order chi connectivity index (χ1) is 15.2. The summed E-state index contributed by atoms with van der Waals surface area (Å²) in [5, 5.41) is 3.50. The third-order valence-electron chi connectivity index (χ3n) is 5.60. The van der Waals surface area contributed by atoms with Gasteiger partial charge in [-0.15, -0.1) is 0 Å². The van der Waals surface area contributed by atoms with Gasteiger partial charge in [-0.2, -0.15) is 0 Å². The third-order valence-corrected chi connectivity index (χ3v) is 5.60. The number of piperazine rings is 1. The normalized spacial score (nSPS) is 15.0. The van der Waals surface area contributed by atoms with Crippen molar-refractivity contribution >= 4 is 5.96 Å². The minimum absolute atomic E-state index is 0.834. The van der Waals surface area contributed by atoms with Crippen molar-refractivity contribution in [2.45, 2.75) is 13.0 Å². The molecular weight excluding hydrogens is 392 g/mol. The predicted molar refractivity (Wildman–Crippen MR) is 124 cm³/mol. The molecule has 0 aromatic heterocycles. The quantitative estimate of drug-likeness (QED) is 0.517. The molecule has 0 unspecified atom stereocenters. The van der Waals surface area contributed by atoms with E-state index in [1.807, 2.05) is 31.3 Å². The van der Waals surface area contributed by atoms with Crippen LogP contribution in [0.4, 0.5) is 0 Å². The van der Waals surface area contributed by atoms with Gasteiger partial charge in [0.05, 0.1) is 21.3 Å². The fourth-order valence-corrected chi connectivity index (χ4v) is 3.84. The van der Waals surface area contributed by atoms with Gasteiger partial charge in [0.25, 0.3) is 0 Å². The van der Waals surface area contributed by atoms with Crippen LogP contribution in [-0.2, 0) is 13.0 Å². The summed E-state index contributed by atoms with van der Waals surface area (Å²) in [5.74, 6) is 3.61. The first kappa shape index (κ1) is 22.7. The van der Waals surface area contributed by atoms with Crippen LogP contribution in [0.15, 0.2) is 47.5 Å². The third kappa shape index (κ3) is 6.28. The molecule has 1 heterocycles. The highest BCUT2D eigenvalue weighted by molar-refractivity contribution is 5.80. The molecule has 0 bridgehead atoms. The second-order valence-corrected chi connectivity index (χ2v) is 7.52. The molecule has 2 aromatic rings. The van der Waals surface area contributed by atoms with E-state index < -0.39 is 0 Å². The molecular formula is C24H34N4O3. The van der Waals surface area contributed by atoms with E-state index in [9.17, 15) is 0 Å². The topological polar surface area (TPSA) is 58.6 Å². The Morgan fingerprint density at radius 2 is 1.68 bits per heavy atom. The van der Waals surface area contributed by atoms with Gasteiger partial charge >= 0.3 is 0 Å². The van der Waals surface area contributed by atoms with Crippen LogP contribution >= 0.6 is 0 Å². The highest BCUT2D eigenvalue weighted by atomic mass is 16.5. The van der Waals surface area contributed by atoms with E-state index in [0.29, 0.717) is 0 Å². The molecule has 1 aliphatic rings. The largest absolute Gasteiger partial charge is 0.497 e. The van der Waals surface area contributed by atoms with Crippen molar-refractivity contribution in [2.75, 3.05) is 61.1 Å². The molecule has 31 heavy (non-hydrogen) atoms. The standard InChI is InChI=1S/C24H34N4O3/c1-25-24(26-11-10-19-6-5-7-21(16-19)29-2)28-14-12-27(13-15-28)18-20-17-22(30-3)8-9-23(20)31-4/h5-9,16-17H,10-15,18H2,1-4H3,(H,25,26). The fraction of sp³-hybridized carbons (Fsp3) is 0.458. The van der Waals surface area contributed by atoms with Crippen molar-refractivity contribution in [1.29, 1.82) is 0 Å². The van der Waals surface area contributed by atoms with E-state index in [2.05, 4.69) is 38.3 Å². The van der Waals surface area contributed by atoms with E-state index in [4.69, 9.17) is 14.2 Å². The second-order valence-electron chi connectivity index (χ2n) is 7.52. The van der Waals surface area contributed by atoms with Gasteiger partial charge in [0.15, 0.2) is 5.96 Å². The van der Waals surface area contributed by atoms with Crippen LogP contribution < -0.4 is 19.5 Å². The molecule has 0 amide bonds. The average Bonchev–Trinajstić information content (AvgIpc) is 2.82. The van der Waals surface area contributed by atoms with Crippen molar-refractivity contribution in [2.24, 2.45) is 4.99 Å². The van der Waals surface area contributed by atoms with Gasteiger partial charge in [-0.25, -0.2) is 0 Å². The zero-order valence-corrected chi connectivity index (χ0v) is 19.1. The van der Waals surface area contributed by atoms with E-state index in [0.717, 1.165) is 74.5 Å². The lowest BCUT2D eigenvalue weighted by atomic mass is 10.1. The van der Waals surface area contributed by atoms with Crippen molar-refractivity contribution < 1.29 is 14.2 Å². The van der Waals surface area contributed by atoms with Gasteiger partial charge in [-0.3, -0.25) is 9.89 Å². The maximum atomic E-state index is 5.53. The number of hydrogen-bond acceptors (Lipinski definition) is 5. The Morgan fingerprint density at radius 3 is 2.35 bits per heavy atom. The maximum Gasteiger partial charge on any atom is 0.193 e. The van der Waals surface area contributed by atoms with Gasteiger partial charge < -0.3 is 24.4 Å². The summed E-state index contributed by atoms with van der Waals surface area (Å²) in [4.78, 5) is 9.25. The summed E-state index contributed by atoms with van der Waals surface area (Å²) in [6.45, 7) is 5.49. The monoisotopic (exact) mass is 426 g/mol. The van der Waals surface area contributed by atoms with Gasteiger partial charge in [0.1, 0.15) is 17.2 Å². The molecule has 2 aromatic carbocycles. The first-order valence-electron chi connectivity index (χ1n) is 10.7. The van der Waals surface area contributed by atoms with Crippen molar-refractivity contribution in [3.05, 3.63) is 53.6 Å². The van der Waals surface area contributed by atoms with Gasteiger partial charge in [-0.05, 0) is 42.3 Å². The molecule has 1 saturated heterocycles. The molecule has 1 N–H and O–H groups in total. The Kier molecular flexibility index (Phi) is 8.41. The number of aliphatic imine (C=N–C) groups is 1. The highest BCUT2D eigenvalue weighted by Gasteiger charge is 2.20. The molecule has 1 fully saturated rings. The van der Waals surface area contributed by atoms with Crippen LogP contribution in [0.1, 0.15) is 11.1 Å². The van der Waals surface area contributed by atoms with Crippen molar-refractivity contribution in [1.82, 2.24) is 15.1 Å². The lowest BCUT2D eigenvalue weighted by molar-refractivity contribution is 0.171. The summed E-state index contributed by atoms with van der Waals surface area (Å²) in [6, 6.07) is 14.2. The average molecular weight is 427 g/mol. The SMILES string of the molecule is CN=C(NCCc1cccc(OC)c1)N1CCN(Cc2cc(OC)ccc2OC)CC1. The summed E-state index contributed by atoms with van der Waals surface area (Å²) < 4.78 is 16.2. The van der Waals surface area contributed by atoms with Gasteiger partial charge in [0.2, 0.25) is 0 Å². The zero-order chi connectivity index (χ0) is 22.1. The number of benzene rings is 2. The van der Waals surface area contributed by atoms with Crippen LogP contribution in [-0.4, -0.2) is 76.9 Å². The Bertz CT molecular complexity index is 864. The number of hydrogen-bond donors (Lipinski definition) is 1. The molecule has 0 aliphatic carbocycles. The maximum absolute atomic E-state index is 5.53. The fourth-order valence-electron chi connectivity index (χ4n) is 3.84. The van der Waals surface area contributed by atoms with Crippen molar-refractivity contribution in [3.63, 3.8) is 0 Å². The molecule has 3 rings (SSSR count). The molecule has 7 heteroatoms.